The smallest absolute Gasteiger partial charge is 0.338 e. The number of ether oxygens (including phenoxy) is 3. The highest BCUT2D eigenvalue weighted by atomic mass is 35.5. The monoisotopic (exact) mass is 526 g/mol. The average Bonchev–Trinajstić information content (AvgIpc) is 3.18. The van der Waals surface area contributed by atoms with Gasteiger partial charge in [-0.2, -0.15) is 0 Å². The molecule has 4 rings (SSSR count). The molecule has 2 aromatic carbocycles. The summed E-state index contributed by atoms with van der Waals surface area (Å²) in [6.45, 7) is 4.00. The van der Waals surface area contributed by atoms with Crippen molar-refractivity contribution in [1.29, 1.82) is 0 Å². The fraction of sp³-hybridized carbons (Fsp3) is 0.296. The van der Waals surface area contributed by atoms with E-state index in [1.54, 1.807) is 43.9 Å². The molecule has 0 radical (unpaired) electrons. The number of nitrogens with zero attached hydrogens (tertiary/aromatic N) is 2. The highest BCUT2D eigenvalue weighted by molar-refractivity contribution is 7.07. The zero-order valence-electron chi connectivity index (χ0n) is 20.5. The number of fused-ring (bicyclic) bond motifs is 1. The lowest BCUT2D eigenvalue weighted by Gasteiger charge is -2.26. The van der Waals surface area contributed by atoms with E-state index < -0.39 is 12.0 Å². The molecule has 0 unspecified atom stereocenters. The lowest BCUT2D eigenvalue weighted by molar-refractivity contribution is -0.139. The van der Waals surface area contributed by atoms with Gasteiger partial charge in [0.2, 0.25) is 0 Å². The summed E-state index contributed by atoms with van der Waals surface area (Å²) in [7, 11) is 3.13. The van der Waals surface area contributed by atoms with E-state index in [4.69, 9.17) is 30.8 Å². The molecule has 0 aliphatic carbocycles. The number of allylic oxidation sites excluding steroid dienone is 1. The number of rotatable bonds is 8. The highest BCUT2D eigenvalue weighted by Gasteiger charge is 2.34. The zero-order valence-corrected chi connectivity index (χ0v) is 22.1. The molecule has 0 bridgehead atoms. The van der Waals surface area contributed by atoms with Crippen LogP contribution >= 0.6 is 22.9 Å². The first-order valence-corrected chi connectivity index (χ1v) is 12.8. The number of carbonyl (C=O) groups is 1. The van der Waals surface area contributed by atoms with Crippen LogP contribution in [0.1, 0.15) is 43.9 Å². The van der Waals surface area contributed by atoms with Gasteiger partial charge in [0, 0.05) is 0 Å². The quantitative estimate of drug-likeness (QED) is 0.410. The van der Waals surface area contributed by atoms with E-state index >= 15 is 0 Å². The predicted molar refractivity (Wildman–Crippen MR) is 141 cm³/mol. The van der Waals surface area contributed by atoms with Crippen molar-refractivity contribution in [2.75, 3.05) is 20.8 Å². The molecule has 1 aliphatic heterocycles. The fourth-order valence-corrected chi connectivity index (χ4v) is 5.46. The van der Waals surface area contributed by atoms with Gasteiger partial charge in [0.15, 0.2) is 4.80 Å². The third-order valence-electron chi connectivity index (χ3n) is 5.78. The minimum Gasteiger partial charge on any atom is -0.497 e. The molecule has 0 spiro atoms. The van der Waals surface area contributed by atoms with E-state index in [9.17, 15) is 9.59 Å². The van der Waals surface area contributed by atoms with Gasteiger partial charge >= 0.3 is 5.97 Å². The van der Waals surface area contributed by atoms with Crippen molar-refractivity contribution in [2.45, 2.75) is 32.7 Å². The van der Waals surface area contributed by atoms with Gasteiger partial charge in [-0.15, -0.1) is 0 Å². The standard InChI is InChI=1S/C27H27ClN2O5S/c1-5-8-20-23(26(32)35-6-2)24(17-9-7-10-18(15-17)33-3)30-25(31)22(36-27(30)29-20)14-16-11-12-21(34-4)19(28)13-16/h7,9-15,24H,5-6,8H2,1-4H3/b22-14+/t24-/m1/s1. The second-order valence-corrected chi connectivity index (χ2v) is 9.50. The van der Waals surface area contributed by atoms with Crippen LogP contribution < -0.4 is 24.4 Å². The summed E-state index contributed by atoms with van der Waals surface area (Å²) in [5.74, 6) is 0.699. The van der Waals surface area contributed by atoms with Crippen molar-refractivity contribution in [3.8, 4) is 11.5 Å². The molecule has 7 nitrogen and oxygen atoms in total. The summed E-state index contributed by atoms with van der Waals surface area (Å²) in [5.41, 5.74) is 2.24. The maximum Gasteiger partial charge on any atom is 0.338 e. The molecule has 1 aliphatic rings. The van der Waals surface area contributed by atoms with Gasteiger partial charge in [0.05, 0.1) is 47.7 Å². The lowest BCUT2D eigenvalue weighted by atomic mass is 9.94. The minimum absolute atomic E-state index is 0.217. The van der Waals surface area contributed by atoms with Crippen molar-refractivity contribution in [3.63, 3.8) is 0 Å². The fourth-order valence-electron chi connectivity index (χ4n) is 4.17. The first kappa shape index (κ1) is 25.7. The predicted octanol–water partition coefficient (Wildman–Crippen LogP) is 4.25. The Morgan fingerprint density at radius 1 is 1.17 bits per heavy atom. The number of hydrogen-bond acceptors (Lipinski definition) is 7. The van der Waals surface area contributed by atoms with Crippen LogP contribution in [0.4, 0.5) is 0 Å². The van der Waals surface area contributed by atoms with Crippen LogP contribution in [0.5, 0.6) is 11.5 Å². The molecule has 0 N–H and O–H groups in total. The summed E-state index contributed by atoms with van der Waals surface area (Å²) >= 11 is 7.57. The summed E-state index contributed by atoms with van der Waals surface area (Å²) in [6.07, 6.45) is 3.13. The summed E-state index contributed by atoms with van der Waals surface area (Å²) in [6, 6.07) is 12.0. The van der Waals surface area contributed by atoms with Gasteiger partial charge in [0.1, 0.15) is 11.5 Å². The Labute approximate surface area is 217 Å². The molecule has 36 heavy (non-hydrogen) atoms. The normalized spacial score (nSPS) is 15.4. The number of benzene rings is 2. The van der Waals surface area contributed by atoms with E-state index in [-0.39, 0.29) is 12.2 Å². The van der Waals surface area contributed by atoms with Gasteiger partial charge in [-0.3, -0.25) is 9.36 Å². The molecule has 0 fully saturated rings. The Hall–Kier alpha value is -3.36. The molecule has 9 heteroatoms. The molecule has 188 valence electrons. The Bertz CT molecular complexity index is 1510. The summed E-state index contributed by atoms with van der Waals surface area (Å²) < 4.78 is 18.1. The minimum atomic E-state index is -0.696. The number of aromatic nitrogens is 1. The van der Waals surface area contributed by atoms with Gasteiger partial charge < -0.3 is 14.2 Å². The third kappa shape index (κ3) is 4.96. The first-order valence-electron chi connectivity index (χ1n) is 11.6. The Kier molecular flexibility index (Phi) is 7.96. The van der Waals surface area contributed by atoms with Crippen LogP contribution in [0.2, 0.25) is 5.02 Å². The molecular weight excluding hydrogens is 500 g/mol. The van der Waals surface area contributed by atoms with E-state index in [1.165, 1.54) is 11.3 Å². The van der Waals surface area contributed by atoms with E-state index in [0.717, 1.165) is 17.5 Å². The van der Waals surface area contributed by atoms with E-state index in [1.807, 2.05) is 37.3 Å². The Morgan fingerprint density at radius 2 is 1.97 bits per heavy atom. The molecule has 1 aromatic heterocycles. The number of halogens is 1. The van der Waals surface area contributed by atoms with Crippen molar-refractivity contribution in [3.05, 3.63) is 89.6 Å². The Balaban J connectivity index is 1.98. The SMILES string of the molecule is CCCC1=C(C(=O)OCC)[C@@H](c2cccc(OC)c2)n2c(s/c(=C/c3ccc(OC)c(Cl)c3)c2=O)=N1. The first-order chi connectivity index (χ1) is 17.4. The number of methoxy groups -OCH3 is 2. The van der Waals surface area contributed by atoms with Gasteiger partial charge in [-0.05, 0) is 54.8 Å². The van der Waals surface area contributed by atoms with Crippen LogP contribution in [0.3, 0.4) is 0 Å². The van der Waals surface area contributed by atoms with Crippen molar-refractivity contribution < 1.29 is 19.0 Å². The van der Waals surface area contributed by atoms with Crippen LogP contribution in [0, 0.1) is 0 Å². The van der Waals surface area contributed by atoms with Crippen molar-refractivity contribution in [2.24, 2.45) is 4.99 Å². The second kappa shape index (κ2) is 11.1. The number of carbonyl (C=O) groups excluding carboxylic acids is 1. The topological polar surface area (TPSA) is 79.1 Å². The molecule has 0 saturated heterocycles. The van der Waals surface area contributed by atoms with Crippen molar-refractivity contribution >= 4 is 35.0 Å². The molecule has 0 amide bonds. The van der Waals surface area contributed by atoms with E-state index in [0.29, 0.717) is 43.5 Å². The third-order valence-corrected chi connectivity index (χ3v) is 7.05. The maximum atomic E-state index is 13.8. The van der Waals surface area contributed by atoms with Crippen LogP contribution in [-0.4, -0.2) is 31.4 Å². The van der Waals surface area contributed by atoms with Crippen molar-refractivity contribution in [1.82, 2.24) is 4.57 Å². The second-order valence-electron chi connectivity index (χ2n) is 8.08. The van der Waals surface area contributed by atoms with Gasteiger partial charge in [-0.1, -0.05) is 54.5 Å². The van der Waals surface area contributed by atoms with E-state index in [2.05, 4.69) is 0 Å². The number of esters is 1. The van der Waals surface area contributed by atoms with Gasteiger partial charge in [-0.25, -0.2) is 9.79 Å². The maximum absolute atomic E-state index is 13.8. The number of thiazole rings is 1. The Morgan fingerprint density at radius 3 is 2.64 bits per heavy atom. The molecule has 1 atom stereocenters. The van der Waals surface area contributed by atoms with Crippen LogP contribution in [-0.2, 0) is 9.53 Å². The lowest BCUT2D eigenvalue weighted by Crippen LogP contribution is -2.40. The van der Waals surface area contributed by atoms with Crippen LogP contribution in [0.25, 0.3) is 6.08 Å². The highest BCUT2D eigenvalue weighted by Crippen LogP contribution is 2.34. The van der Waals surface area contributed by atoms with Crippen LogP contribution in [0.15, 0.2) is 63.5 Å². The number of hydrogen-bond donors (Lipinski definition) is 0. The van der Waals surface area contributed by atoms with Gasteiger partial charge in [0.25, 0.3) is 5.56 Å². The summed E-state index contributed by atoms with van der Waals surface area (Å²) in [4.78, 5) is 32.3. The zero-order chi connectivity index (χ0) is 25.8. The molecule has 3 aromatic rings. The largest absolute Gasteiger partial charge is 0.497 e. The molecule has 0 saturated carbocycles. The average molecular weight is 527 g/mol. The summed E-state index contributed by atoms with van der Waals surface area (Å²) in [5, 5.41) is 0.447. The molecule has 2 heterocycles. The molecular formula is C27H27ClN2O5S.